The zero-order valence-corrected chi connectivity index (χ0v) is 12.4. The molecular formula is C15H22N4O2. The quantitative estimate of drug-likeness (QED) is 0.834. The molecule has 21 heavy (non-hydrogen) atoms. The highest BCUT2D eigenvalue weighted by Crippen LogP contribution is 2.44. The van der Waals surface area contributed by atoms with Crippen LogP contribution in [0.25, 0.3) is 0 Å². The summed E-state index contributed by atoms with van der Waals surface area (Å²) in [6, 6.07) is 2.04. The van der Waals surface area contributed by atoms with E-state index in [-0.39, 0.29) is 17.9 Å². The molecule has 1 N–H and O–H groups in total. The fraction of sp³-hybridized carbons (Fsp3) is 0.667. The topological polar surface area (TPSA) is 67.2 Å². The average Bonchev–Trinajstić information content (AvgIpc) is 3.09. The van der Waals surface area contributed by atoms with Gasteiger partial charge in [-0.15, -0.1) is 0 Å². The second-order valence-electron chi connectivity index (χ2n) is 6.04. The molecule has 114 valence electrons. The molecule has 0 bridgehead atoms. The molecule has 1 aromatic rings. The van der Waals surface area contributed by atoms with Gasteiger partial charge in [-0.05, 0) is 31.7 Å². The zero-order chi connectivity index (χ0) is 14.9. The van der Waals surface area contributed by atoms with Crippen LogP contribution < -0.4 is 5.32 Å². The minimum Gasteiger partial charge on any atom is -0.358 e. The smallest absolute Gasteiger partial charge is 0.238 e. The van der Waals surface area contributed by atoms with Gasteiger partial charge >= 0.3 is 0 Å². The molecule has 1 aromatic heterocycles. The van der Waals surface area contributed by atoms with Gasteiger partial charge in [0.25, 0.3) is 0 Å². The van der Waals surface area contributed by atoms with Crippen LogP contribution in [0.2, 0.25) is 0 Å². The van der Waals surface area contributed by atoms with E-state index < -0.39 is 5.41 Å². The van der Waals surface area contributed by atoms with Crippen LogP contribution in [0.1, 0.15) is 32.1 Å². The molecule has 0 aromatic carbocycles. The summed E-state index contributed by atoms with van der Waals surface area (Å²) in [6.45, 7) is 1.46. The summed E-state index contributed by atoms with van der Waals surface area (Å²) in [6.07, 6.45) is 7.96. The molecule has 1 aliphatic carbocycles. The summed E-state index contributed by atoms with van der Waals surface area (Å²) in [5.41, 5.74) is -0.804. The fourth-order valence-electron chi connectivity index (χ4n) is 3.50. The lowest BCUT2D eigenvalue weighted by Crippen LogP contribution is -2.57. The number of amides is 2. The molecule has 6 nitrogen and oxygen atoms in total. The first kappa shape index (κ1) is 14.1. The second kappa shape index (κ2) is 5.50. The lowest BCUT2D eigenvalue weighted by molar-refractivity contribution is -0.157. The van der Waals surface area contributed by atoms with E-state index in [0.29, 0.717) is 19.4 Å². The highest BCUT2D eigenvalue weighted by Gasteiger charge is 2.53. The first-order valence-corrected chi connectivity index (χ1v) is 7.68. The third-order valence-corrected chi connectivity index (χ3v) is 4.87. The normalized spacial score (nSPS) is 23.7. The molecule has 0 unspecified atom stereocenters. The van der Waals surface area contributed by atoms with Crippen molar-refractivity contribution in [2.24, 2.45) is 5.41 Å². The monoisotopic (exact) mass is 290 g/mol. The summed E-state index contributed by atoms with van der Waals surface area (Å²) in [5.74, 6) is -0.105. The van der Waals surface area contributed by atoms with E-state index in [0.717, 1.165) is 25.8 Å². The van der Waals surface area contributed by atoms with Crippen LogP contribution in [0.4, 0.5) is 0 Å². The highest BCUT2D eigenvalue weighted by atomic mass is 16.2. The lowest BCUT2D eigenvalue weighted by Gasteiger charge is -2.42. The van der Waals surface area contributed by atoms with Crippen LogP contribution >= 0.6 is 0 Å². The molecule has 3 rings (SSSR count). The van der Waals surface area contributed by atoms with Crippen molar-refractivity contribution in [1.82, 2.24) is 20.0 Å². The summed E-state index contributed by atoms with van der Waals surface area (Å²) in [5, 5.41) is 6.89. The third-order valence-electron chi connectivity index (χ3n) is 4.87. The lowest BCUT2D eigenvalue weighted by atomic mass is 9.67. The Morgan fingerprint density at radius 1 is 1.38 bits per heavy atom. The number of aromatic nitrogens is 2. The van der Waals surface area contributed by atoms with Gasteiger partial charge in [-0.25, -0.2) is 0 Å². The Bertz CT molecular complexity index is 522. The Balaban J connectivity index is 1.75. The van der Waals surface area contributed by atoms with Crippen molar-refractivity contribution in [3.05, 3.63) is 18.5 Å². The Labute approximate surface area is 124 Å². The predicted molar refractivity (Wildman–Crippen MR) is 77.3 cm³/mol. The maximum atomic E-state index is 12.9. The van der Waals surface area contributed by atoms with Crippen molar-refractivity contribution in [3.63, 3.8) is 0 Å². The van der Waals surface area contributed by atoms with Gasteiger partial charge in [-0.3, -0.25) is 14.3 Å². The minimum atomic E-state index is -0.804. The number of carbonyl (C=O) groups is 2. The van der Waals surface area contributed by atoms with E-state index in [4.69, 9.17) is 0 Å². The van der Waals surface area contributed by atoms with Crippen LogP contribution in [0.5, 0.6) is 0 Å². The van der Waals surface area contributed by atoms with Crippen molar-refractivity contribution in [3.8, 4) is 0 Å². The SMILES string of the molecule is CNC(=O)C1(C(=O)N2CCC[C@H]2Cn2cccn2)CCC1. The maximum absolute atomic E-state index is 12.9. The molecule has 1 atom stereocenters. The van der Waals surface area contributed by atoms with Gasteiger partial charge < -0.3 is 10.2 Å². The van der Waals surface area contributed by atoms with Crippen LogP contribution in [0.3, 0.4) is 0 Å². The molecule has 1 saturated heterocycles. The van der Waals surface area contributed by atoms with Crippen molar-refractivity contribution in [1.29, 1.82) is 0 Å². The number of nitrogens with zero attached hydrogens (tertiary/aromatic N) is 3. The van der Waals surface area contributed by atoms with Gasteiger partial charge in [0, 0.05) is 26.0 Å². The summed E-state index contributed by atoms with van der Waals surface area (Å²) in [7, 11) is 1.61. The van der Waals surface area contributed by atoms with Gasteiger partial charge in [0.05, 0.1) is 12.6 Å². The Kier molecular flexibility index (Phi) is 3.69. The largest absolute Gasteiger partial charge is 0.358 e. The van der Waals surface area contributed by atoms with Crippen LogP contribution in [-0.2, 0) is 16.1 Å². The molecule has 0 spiro atoms. The van der Waals surface area contributed by atoms with E-state index >= 15 is 0 Å². The van der Waals surface area contributed by atoms with E-state index in [1.165, 1.54) is 0 Å². The summed E-state index contributed by atoms with van der Waals surface area (Å²) < 4.78 is 1.86. The fourth-order valence-corrected chi connectivity index (χ4v) is 3.50. The summed E-state index contributed by atoms with van der Waals surface area (Å²) >= 11 is 0. The molecule has 1 aliphatic heterocycles. The molecule has 1 saturated carbocycles. The third kappa shape index (κ3) is 2.32. The number of nitrogens with one attached hydrogen (secondary N) is 1. The highest BCUT2D eigenvalue weighted by molar-refractivity contribution is 6.06. The number of hydrogen-bond donors (Lipinski definition) is 1. The van der Waals surface area contributed by atoms with Crippen LogP contribution in [0.15, 0.2) is 18.5 Å². The average molecular weight is 290 g/mol. The first-order valence-electron chi connectivity index (χ1n) is 7.68. The molecular weight excluding hydrogens is 268 g/mol. The van der Waals surface area contributed by atoms with Gasteiger partial charge in [-0.2, -0.15) is 5.10 Å². The van der Waals surface area contributed by atoms with Crippen molar-refractivity contribution < 1.29 is 9.59 Å². The van der Waals surface area contributed by atoms with Crippen molar-refractivity contribution in [2.45, 2.75) is 44.7 Å². The van der Waals surface area contributed by atoms with Gasteiger partial charge in [0.2, 0.25) is 11.8 Å². The van der Waals surface area contributed by atoms with E-state index in [1.807, 2.05) is 21.8 Å². The number of carbonyl (C=O) groups excluding carboxylic acids is 2. The number of rotatable bonds is 4. The molecule has 6 heteroatoms. The van der Waals surface area contributed by atoms with Crippen LogP contribution in [0, 0.1) is 5.41 Å². The molecule has 2 amide bonds. The van der Waals surface area contributed by atoms with Crippen molar-refractivity contribution in [2.75, 3.05) is 13.6 Å². The van der Waals surface area contributed by atoms with Crippen LogP contribution in [-0.4, -0.2) is 46.1 Å². The molecule has 2 fully saturated rings. The summed E-state index contributed by atoms with van der Waals surface area (Å²) in [4.78, 5) is 27.0. The molecule has 2 aliphatic rings. The first-order chi connectivity index (χ1) is 10.2. The van der Waals surface area contributed by atoms with E-state index in [1.54, 1.807) is 13.2 Å². The Morgan fingerprint density at radius 3 is 2.76 bits per heavy atom. The molecule has 2 heterocycles. The number of hydrogen-bond acceptors (Lipinski definition) is 3. The van der Waals surface area contributed by atoms with E-state index in [9.17, 15) is 9.59 Å². The zero-order valence-electron chi connectivity index (χ0n) is 12.4. The van der Waals surface area contributed by atoms with Gasteiger partial charge in [0.15, 0.2) is 0 Å². The van der Waals surface area contributed by atoms with Gasteiger partial charge in [-0.1, -0.05) is 6.42 Å². The van der Waals surface area contributed by atoms with E-state index in [2.05, 4.69) is 10.4 Å². The van der Waals surface area contributed by atoms with Crippen molar-refractivity contribution >= 4 is 11.8 Å². The molecule has 0 radical (unpaired) electrons. The minimum absolute atomic E-state index is 0.0164. The predicted octanol–water partition coefficient (Wildman–Crippen LogP) is 0.790. The second-order valence-corrected chi connectivity index (χ2v) is 6.04. The van der Waals surface area contributed by atoms with Gasteiger partial charge in [0.1, 0.15) is 5.41 Å². The standard InChI is InChI=1S/C15H22N4O2/c1-16-13(20)15(6-3-7-15)14(21)19-10-2-5-12(19)11-18-9-4-8-17-18/h4,8-9,12H,2-3,5-7,10-11H2,1H3,(H,16,20)/t12-/m0/s1. The maximum Gasteiger partial charge on any atom is 0.238 e. The number of likely N-dealkylation sites (tertiary alicyclic amines) is 1. The Hall–Kier alpha value is -1.85. The Morgan fingerprint density at radius 2 is 2.19 bits per heavy atom.